The van der Waals surface area contributed by atoms with Crippen LogP contribution in [0.25, 0.3) is 0 Å². The average molecular weight is 260 g/mol. The van der Waals surface area contributed by atoms with Gasteiger partial charge < -0.3 is 5.73 Å². The van der Waals surface area contributed by atoms with Gasteiger partial charge in [0.1, 0.15) is 0 Å². The van der Waals surface area contributed by atoms with E-state index in [2.05, 4.69) is 15.9 Å². The van der Waals surface area contributed by atoms with Crippen LogP contribution in [0.4, 0.5) is 0 Å². The van der Waals surface area contributed by atoms with Gasteiger partial charge in [-0.2, -0.15) is 0 Å². The van der Waals surface area contributed by atoms with Gasteiger partial charge in [-0.15, -0.1) is 0 Å². The summed E-state index contributed by atoms with van der Waals surface area (Å²) in [6, 6.07) is 9.03. The maximum Gasteiger partial charge on any atom is 0.176 e. The van der Waals surface area contributed by atoms with E-state index >= 15 is 0 Å². The molecule has 3 heteroatoms. The number of alkyl halides is 1. The molecule has 0 fully saturated rings. The highest BCUT2D eigenvalue weighted by Gasteiger charge is 1.98. The summed E-state index contributed by atoms with van der Waals surface area (Å²) >= 11 is 2.94. The van der Waals surface area contributed by atoms with Crippen molar-refractivity contribution in [2.75, 3.05) is 12.4 Å². The van der Waals surface area contributed by atoms with Gasteiger partial charge in [0.05, 0.1) is 6.54 Å². The normalized spacial score (nSPS) is 7.50. The van der Waals surface area contributed by atoms with Gasteiger partial charge in [-0.25, -0.2) is 0 Å². The quantitative estimate of drug-likeness (QED) is 0.656. The van der Waals surface area contributed by atoms with Crippen molar-refractivity contribution in [3.8, 4) is 0 Å². The van der Waals surface area contributed by atoms with E-state index in [1.165, 1.54) is 0 Å². The molecule has 1 rings (SSSR count). The Hall–Kier alpha value is -0.670. The van der Waals surface area contributed by atoms with E-state index < -0.39 is 0 Å². The first-order chi connectivity index (χ1) is 6.84. The van der Waals surface area contributed by atoms with Crippen LogP contribution in [0.5, 0.6) is 0 Å². The predicted molar refractivity (Wildman–Crippen MR) is 66.0 cm³/mol. The van der Waals surface area contributed by atoms with Crippen LogP contribution in [0.1, 0.15) is 24.2 Å². The van der Waals surface area contributed by atoms with Crippen molar-refractivity contribution in [2.24, 2.45) is 5.73 Å². The van der Waals surface area contributed by atoms with Gasteiger partial charge in [0.2, 0.25) is 0 Å². The van der Waals surface area contributed by atoms with Crippen LogP contribution < -0.4 is 5.73 Å². The molecule has 0 aliphatic carbocycles. The largest absolute Gasteiger partial charge is 0.324 e. The minimum atomic E-state index is -0.0133. The third-order valence-corrected chi connectivity index (χ3v) is 1.28. The van der Waals surface area contributed by atoms with Crippen LogP contribution in [0.15, 0.2) is 30.3 Å². The van der Waals surface area contributed by atoms with Crippen LogP contribution in [0.3, 0.4) is 0 Å². The highest BCUT2D eigenvalue weighted by Crippen LogP contribution is 1.97. The lowest BCUT2D eigenvalue weighted by molar-refractivity contribution is 0.100. The van der Waals surface area contributed by atoms with Crippen molar-refractivity contribution in [1.82, 2.24) is 0 Å². The number of carbonyl (C=O) groups excluding carboxylic acids is 1. The molecular weight excluding hydrogens is 242 g/mol. The molecule has 1 aromatic rings. The first-order valence-corrected chi connectivity index (χ1v) is 6.09. The molecule has 2 N–H and O–H groups in total. The second kappa shape index (κ2) is 12.3. The lowest BCUT2D eigenvalue weighted by atomic mass is 10.1. The number of benzene rings is 1. The molecule has 1 aromatic carbocycles. The van der Waals surface area contributed by atoms with E-state index in [-0.39, 0.29) is 12.3 Å². The maximum absolute atomic E-state index is 10.9. The van der Waals surface area contributed by atoms with E-state index in [1.807, 2.05) is 37.9 Å². The number of hydrogen-bond donors (Lipinski definition) is 1. The second-order valence-electron chi connectivity index (χ2n) is 1.99. The molecule has 0 atom stereocenters. The molecule has 0 heterocycles. The molecule has 0 amide bonds. The number of carbonyl (C=O) groups is 1. The topological polar surface area (TPSA) is 43.1 Å². The second-order valence-corrected chi connectivity index (χ2v) is 1.99. The van der Waals surface area contributed by atoms with E-state index in [4.69, 9.17) is 5.73 Å². The Bertz CT molecular complexity index is 224. The molecule has 0 aliphatic heterocycles. The molecule has 0 saturated carbocycles. The van der Waals surface area contributed by atoms with Crippen molar-refractivity contribution in [1.29, 1.82) is 0 Å². The number of nitrogens with two attached hydrogens (primary N) is 1. The van der Waals surface area contributed by atoms with Crippen molar-refractivity contribution >= 4 is 21.7 Å². The van der Waals surface area contributed by atoms with Gasteiger partial charge in [-0.3, -0.25) is 4.79 Å². The fraction of sp³-hybridized carbons (Fsp3) is 0.364. The SMILES string of the molecule is CBr.CC.NCC(=O)c1ccccc1. The van der Waals surface area contributed by atoms with Crippen LogP contribution in [-0.4, -0.2) is 18.2 Å². The highest BCUT2D eigenvalue weighted by atomic mass is 79.9. The van der Waals surface area contributed by atoms with Crippen LogP contribution in [-0.2, 0) is 0 Å². The maximum atomic E-state index is 10.9. The fourth-order valence-electron chi connectivity index (χ4n) is 0.742. The van der Waals surface area contributed by atoms with E-state index in [0.29, 0.717) is 5.56 Å². The number of Topliss-reactive ketones (excluding diaryl/α,β-unsaturated/α-hetero) is 1. The Morgan fingerprint density at radius 2 is 1.64 bits per heavy atom. The van der Waals surface area contributed by atoms with Crippen LogP contribution in [0.2, 0.25) is 0 Å². The lowest BCUT2D eigenvalue weighted by Crippen LogP contribution is -2.12. The summed E-state index contributed by atoms with van der Waals surface area (Å²) in [5.74, 6) is 1.80. The minimum absolute atomic E-state index is 0.0133. The first-order valence-electron chi connectivity index (χ1n) is 4.50. The zero-order valence-electron chi connectivity index (χ0n) is 8.96. The summed E-state index contributed by atoms with van der Waals surface area (Å²) in [4.78, 5) is 10.9. The third-order valence-electron chi connectivity index (χ3n) is 1.28. The van der Waals surface area contributed by atoms with E-state index in [0.717, 1.165) is 0 Å². The molecular formula is C11H18BrNO. The molecule has 0 bridgehead atoms. The summed E-state index contributed by atoms with van der Waals surface area (Å²) in [7, 11) is 0. The molecule has 0 aliphatic rings. The number of hydrogen-bond acceptors (Lipinski definition) is 2. The molecule has 0 spiro atoms. The van der Waals surface area contributed by atoms with Gasteiger partial charge in [-0.1, -0.05) is 60.1 Å². The minimum Gasteiger partial charge on any atom is -0.324 e. The molecule has 2 nitrogen and oxygen atoms in total. The smallest absolute Gasteiger partial charge is 0.176 e. The Kier molecular flexibility index (Phi) is 13.9. The third kappa shape index (κ3) is 6.80. The molecule has 0 radical (unpaired) electrons. The number of rotatable bonds is 2. The van der Waals surface area contributed by atoms with Gasteiger partial charge in [-0.05, 0) is 5.83 Å². The Balaban J connectivity index is 0. The monoisotopic (exact) mass is 259 g/mol. The van der Waals surface area contributed by atoms with E-state index in [9.17, 15) is 4.79 Å². The standard InChI is InChI=1S/C8H9NO.C2H6.CH3Br/c9-6-8(10)7-4-2-1-3-5-7;2*1-2/h1-5H,6,9H2;1-2H3;1H3. The lowest BCUT2D eigenvalue weighted by Gasteiger charge is -1.93. The van der Waals surface area contributed by atoms with E-state index in [1.54, 1.807) is 12.1 Å². The number of halogens is 1. The van der Waals surface area contributed by atoms with Crippen molar-refractivity contribution < 1.29 is 4.79 Å². The molecule has 14 heavy (non-hydrogen) atoms. The Labute approximate surface area is 94.6 Å². The number of ketones is 1. The van der Waals surface area contributed by atoms with Gasteiger partial charge >= 0.3 is 0 Å². The molecule has 0 saturated heterocycles. The predicted octanol–water partition coefficient (Wildman–Crippen LogP) is 2.87. The molecule has 0 unspecified atom stereocenters. The summed E-state index contributed by atoms with van der Waals surface area (Å²) < 4.78 is 0. The van der Waals surface area contributed by atoms with Crippen molar-refractivity contribution in [2.45, 2.75) is 13.8 Å². The summed E-state index contributed by atoms with van der Waals surface area (Å²) in [6.45, 7) is 4.09. The Morgan fingerprint density at radius 1 is 1.21 bits per heavy atom. The first kappa shape index (κ1) is 15.8. The zero-order chi connectivity index (χ0) is 11.4. The van der Waals surface area contributed by atoms with Gasteiger partial charge in [0, 0.05) is 5.56 Å². The zero-order valence-corrected chi connectivity index (χ0v) is 10.5. The molecule has 0 aromatic heterocycles. The van der Waals surface area contributed by atoms with Gasteiger partial charge in [0.25, 0.3) is 0 Å². The Morgan fingerprint density at radius 3 is 2.00 bits per heavy atom. The summed E-state index contributed by atoms with van der Waals surface area (Å²) in [6.07, 6.45) is 0. The van der Waals surface area contributed by atoms with Crippen molar-refractivity contribution in [3.05, 3.63) is 35.9 Å². The summed E-state index contributed by atoms with van der Waals surface area (Å²) in [5.41, 5.74) is 5.84. The molecule has 80 valence electrons. The average Bonchev–Trinajstić information content (AvgIpc) is 2.34. The fourth-order valence-corrected chi connectivity index (χ4v) is 0.742. The highest BCUT2D eigenvalue weighted by molar-refractivity contribution is 9.08. The summed E-state index contributed by atoms with van der Waals surface area (Å²) in [5, 5.41) is 0. The van der Waals surface area contributed by atoms with Crippen LogP contribution >= 0.6 is 15.9 Å². The van der Waals surface area contributed by atoms with Gasteiger partial charge in [0.15, 0.2) is 5.78 Å². The van der Waals surface area contributed by atoms with Crippen LogP contribution in [0, 0.1) is 0 Å². The van der Waals surface area contributed by atoms with Crippen molar-refractivity contribution in [3.63, 3.8) is 0 Å².